The summed E-state index contributed by atoms with van der Waals surface area (Å²) in [4.78, 5) is 8.88. The Hall–Kier alpha value is -2.38. The monoisotopic (exact) mass is 436 g/mol. The van der Waals surface area contributed by atoms with Crippen LogP contribution in [0.3, 0.4) is 0 Å². The number of ether oxygens (including phenoxy) is 1. The fraction of sp³-hybridized carbons (Fsp3) is 0.571. The molecule has 0 saturated carbocycles. The quantitative estimate of drug-likeness (QED) is 0.242. The van der Waals surface area contributed by atoms with Gasteiger partial charge < -0.3 is 9.84 Å². The molecule has 0 aliphatic rings. The second-order valence-corrected chi connectivity index (χ2v) is 8.45. The first-order valence-corrected chi connectivity index (χ1v) is 12.4. The van der Waals surface area contributed by atoms with Crippen molar-refractivity contribution in [3.05, 3.63) is 42.2 Å². The number of rotatable bonds is 15. The summed E-state index contributed by atoms with van der Waals surface area (Å²) in [6, 6.07) is 7.92. The van der Waals surface area contributed by atoms with Gasteiger partial charge in [-0.05, 0) is 37.1 Å². The molecule has 2 rings (SSSR count). The first kappa shape index (κ1) is 25.9. The molecule has 0 fully saturated rings. The lowest BCUT2D eigenvalue weighted by Gasteiger charge is -2.06. The van der Waals surface area contributed by atoms with Crippen LogP contribution in [0.1, 0.15) is 96.5 Å². The van der Waals surface area contributed by atoms with Gasteiger partial charge in [-0.3, -0.25) is 0 Å². The Morgan fingerprint density at radius 3 is 2.16 bits per heavy atom. The maximum absolute atomic E-state index is 10.0. The van der Waals surface area contributed by atoms with Crippen molar-refractivity contribution in [1.82, 2.24) is 9.97 Å². The largest absolute Gasteiger partial charge is 0.490 e. The topological polar surface area (TPSA) is 55.2 Å². The van der Waals surface area contributed by atoms with E-state index in [0.717, 1.165) is 42.7 Å². The highest BCUT2D eigenvalue weighted by Gasteiger charge is 2.03. The average molecular weight is 437 g/mol. The maximum Gasteiger partial charge on any atom is 0.159 e. The molecule has 1 aromatic carbocycles. The molecule has 1 atom stereocenters. The van der Waals surface area contributed by atoms with Crippen LogP contribution in [0, 0.1) is 11.8 Å². The van der Waals surface area contributed by atoms with Gasteiger partial charge >= 0.3 is 0 Å². The average Bonchev–Trinajstić information content (AvgIpc) is 2.82. The second-order valence-electron chi connectivity index (χ2n) is 8.45. The molecule has 2 aromatic rings. The smallest absolute Gasteiger partial charge is 0.159 e. The van der Waals surface area contributed by atoms with Crippen LogP contribution in [-0.2, 0) is 0 Å². The minimum Gasteiger partial charge on any atom is -0.490 e. The van der Waals surface area contributed by atoms with Crippen molar-refractivity contribution in [3.63, 3.8) is 0 Å². The number of hydrogen-bond acceptors (Lipinski definition) is 4. The van der Waals surface area contributed by atoms with E-state index < -0.39 is 0 Å². The molecule has 0 spiro atoms. The summed E-state index contributed by atoms with van der Waals surface area (Å²) in [5.74, 6) is 7.64. The molecule has 32 heavy (non-hydrogen) atoms. The summed E-state index contributed by atoms with van der Waals surface area (Å²) < 4.78 is 5.76. The van der Waals surface area contributed by atoms with Gasteiger partial charge in [0.15, 0.2) is 11.6 Å². The zero-order valence-corrected chi connectivity index (χ0v) is 20.0. The van der Waals surface area contributed by atoms with Crippen LogP contribution < -0.4 is 4.74 Å². The van der Waals surface area contributed by atoms with Gasteiger partial charge in [-0.25, -0.2) is 9.97 Å². The fourth-order valence-corrected chi connectivity index (χ4v) is 3.49. The number of unbranched alkanes of at least 4 members (excludes halogenated alkanes) is 8. The molecule has 1 aromatic heterocycles. The molecular weight excluding hydrogens is 396 g/mol. The fourth-order valence-electron chi connectivity index (χ4n) is 3.49. The molecule has 174 valence electrons. The summed E-state index contributed by atoms with van der Waals surface area (Å²) in [6.45, 7) is 5.15. The van der Waals surface area contributed by atoms with Gasteiger partial charge in [0, 0.05) is 17.5 Å². The van der Waals surface area contributed by atoms with E-state index in [9.17, 15) is 5.11 Å². The summed E-state index contributed by atoms with van der Waals surface area (Å²) in [5.41, 5.74) is 1.89. The van der Waals surface area contributed by atoms with Crippen molar-refractivity contribution in [2.45, 2.75) is 97.0 Å². The van der Waals surface area contributed by atoms with E-state index >= 15 is 0 Å². The Morgan fingerprint density at radius 2 is 1.47 bits per heavy atom. The number of benzene rings is 1. The van der Waals surface area contributed by atoms with Gasteiger partial charge in [0.2, 0.25) is 0 Å². The first-order chi connectivity index (χ1) is 15.7. The van der Waals surface area contributed by atoms with E-state index in [-0.39, 0.29) is 6.10 Å². The Kier molecular flexibility index (Phi) is 13.2. The standard InChI is InChI=1S/C28H40N2O2/c1-3-5-7-9-10-12-21-32-27-22-29-28(30-23-27)25-19-17-24(18-20-25)14-13-16-26(31)15-11-8-6-4-2/h17-20,22-23,26,31H,3-12,15-16,21H2,1-2H3/t26-/m1/s1. The van der Waals surface area contributed by atoms with Crippen molar-refractivity contribution < 1.29 is 9.84 Å². The minimum absolute atomic E-state index is 0.325. The molecule has 0 bridgehead atoms. The normalized spacial score (nSPS) is 11.6. The zero-order valence-electron chi connectivity index (χ0n) is 20.0. The van der Waals surface area contributed by atoms with E-state index in [4.69, 9.17) is 4.74 Å². The summed E-state index contributed by atoms with van der Waals surface area (Å²) in [5, 5.41) is 10.0. The molecule has 4 nitrogen and oxygen atoms in total. The summed E-state index contributed by atoms with van der Waals surface area (Å²) in [7, 11) is 0. The minimum atomic E-state index is -0.325. The lowest BCUT2D eigenvalue weighted by molar-refractivity contribution is 0.166. The van der Waals surface area contributed by atoms with Crippen molar-refractivity contribution in [2.75, 3.05) is 6.61 Å². The molecule has 0 aliphatic heterocycles. The Balaban J connectivity index is 1.73. The number of aromatic nitrogens is 2. The van der Waals surface area contributed by atoms with Crippen LogP contribution in [0.4, 0.5) is 0 Å². The highest BCUT2D eigenvalue weighted by molar-refractivity contribution is 5.56. The number of aliphatic hydroxyl groups excluding tert-OH is 1. The number of hydrogen-bond donors (Lipinski definition) is 1. The molecule has 0 amide bonds. The summed E-state index contributed by atoms with van der Waals surface area (Å²) in [6.07, 6.45) is 16.7. The van der Waals surface area contributed by atoms with Crippen LogP contribution >= 0.6 is 0 Å². The van der Waals surface area contributed by atoms with Crippen LogP contribution in [-0.4, -0.2) is 27.8 Å². The van der Waals surface area contributed by atoms with E-state index in [1.165, 1.54) is 51.4 Å². The predicted molar refractivity (Wildman–Crippen MR) is 133 cm³/mol. The number of aliphatic hydroxyl groups is 1. The van der Waals surface area contributed by atoms with E-state index in [1.54, 1.807) is 12.4 Å². The van der Waals surface area contributed by atoms with Gasteiger partial charge in [0.1, 0.15) is 0 Å². The van der Waals surface area contributed by atoms with Gasteiger partial charge in [-0.15, -0.1) is 0 Å². The first-order valence-electron chi connectivity index (χ1n) is 12.4. The van der Waals surface area contributed by atoms with Crippen LogP contribution in [0.5, 0.6) is 5.75 Å². The zero-order chi connectivity index (χ0) is 22.9. The molecule has 0 unspecified atom stereocenters. The molecule has 1 N–H and O–H groups in total. The third-order valence-electron chi connectivity index (χ3n) is 5.50. The predicted octanol–water partition coefficient (Wildman–Crippen LogP) is 6.96. The highest BCUT2D eigenvalue weighted by atomic mass is 16.5. The number of nitrogens with zero attached hydrogens (tertiary/aromatic N) is 2. The van der Waals surface area contributed by atoms with Gasteiger partial charge in [-0.1, -0.05) is 83.5 Å². The lowest BCUT2D eigenvalue weighted by Crippen LogP contribution is -2.04. The highest BCUT2D eigenvalue weighted by Crippen LogP contribution is 2.17. The molecule has 0 radical (unpaired) electrons. The van der Waals surface area contributed by atoms with E-state index in [0.29, 0.717) is 12.2 Å². The third-order valence-corrected chi connectivity index (χ3v) is 5.50. The molecule has 1 heterocycles. The molecular formula is C28H40N2O2. The van der Waals surface area contributed by atoms with Crippen LogP contribution in [0.2, 0.25) is 0 Å². The maximum atomic E-state index is 10.0. The molecule has 0 saturated heterocycles. The van der Waals surface area contributed by atoms with E-state index in [1.807, 2.05) is 24.3 Å². The molecule has 0 aliphatic carbocycles. The van der Waals surface area contributed by atoms with Crippen molar-refractivity contribution in [1.29, 1.82) is 0 Å². The van der Waals surface area contributed by atoms with Crippen molar-refractivity contribution in [2.24, 2.45) is 0 Å². The Morgan fingerprint density at radius 1 is 0.844 bits per heavy atom. The third kappa shape index (κ3) is 10.8. The van der Waals surface area contributed by atoms with Gasteiger partial charge in [0.05, 0.1) is 25.1 Å². The second kappa shape index (κ2) is 16.3. The SMILES string of the molecule is CCCCCCCCOc1cnc(-c2ccc(C#CC[C@H](O)CCCCCC)cc2)nc1. The summed E-state index contributed by atoms with van der Waals surface area (Å²) >= 11 is 0. The van der Waals surface area contributed by atoms with Crippen LogP contribution in [0.15, 0.2) is 36.7 Å². The van der Waals surface area contributed by atoms with Crippen molar-refractivity contribution >= 4 is 0 Å². The lowest BCUT2D eigenvalue weighted by atomic mass is 10.1. The van der Waals surface area contributed by atoms with Crippen molar-refractivity contribution in [3.8, 4) is 29.0 Å². The molecule has 4 heteroatoms. The van der Waals surface area contributed by atoms with Crippen LogP contribution in [0.25, 0.3) is 11.4 Å². The Bertz CT molecular complexity index is 791. The van der Waals surface area contributed by atoms with E-state index in [2.05, 4.69) is 35.7 Å². The van der Waals surface area contributed by atoms with Gasteiger partial charge in [-0.2, -0.15) is 0 Å². The Labute approximate surface area is 194 Å². The van der Waals surface area contributed by atoms with Gasteiger partial charge in [0.25, 0.3) is 0 Å².